The average Bonchev–Trinajstić information content (AvgIpc) is 2.46. The molecule has 0 aromatic heterocycles. The minimum atomic E-state index is 0.465. The number of nitrogen functional groups attached to an aromatic ring is 1. The van der Waals surface area contributed by atoms with Gasteiger partial charge in [0.2, 0.25) is 0 Å². The van der Waals surface area contributed by atoms with E-state index in [1.54, 1.807) is 0 Å². The molecule has 0 bridgehead atoms. The SMILES string of the molecule is Nc1cc(Br)ccc1COc1cccc2ccccc12. The first kappa shape index (κ1) is 13.0. The van der Waals surface area contributed by atoms with E-state index in [1.807, 2.05) is 42.5 Å². The summed E-state index contributed by atoms with van der Waals surface area (Å²) in [4.78, 5) is 0. The Morgan fingerprint density at radius 2 is 1.75 bits per heavy atom. The van der Waals surface area contributed by atoms with Crippen LogP contribution < -0.4 is 10.5 Å². The standard InChI is InChI=1S/C17H14BrNO/c18-14-9-8-13(16(19)10-14)11-20-17-7-3-5-12-4-1-2-6-15(12)17/h1-10H,11,19H2. The lowest BCUT2D eigenvalue weighted by Crippen LogP contribution is -2.00. The number of rotatable bonds is 3. The van der Waals surface area contributed by atoms with E-state index in [2.05, 4.69) is 34.1 Å². The number of benzene rings is 3. The van der Waals surface area contributed by atoms with Crippen LogP contribution in [0.2, 0.25) is 0 Å². The van der Waals surface area contributed by atoms with E-state index in [9.17, 15) is 0 Å². The van der Waals surface area contributed by atoms with E-state index < -0.39 is 0 Å². The first-order chi connectivity index (χ1) is 9.74. The van der Waals surface area contributed by atoms with Crippen molar-refractivity contribution < 1.29 is 4.74 Å². The summed E-state index contributed by atoms with van der Waals surface area (Å²) in [6.07, 6.45) is 0. The number of ether oxygens (including phenoxy) is 1. The van der Waals surface area contributed by atoms with Gasteiger partial charge in [0.15, 0.2) is 0 Å². The Bertz CT molecular complexity index is 750. The van der Waals surface area contributed by atoms with Gasteiger partial charge in [-0.2, -0.15) is 0 Å². The number of halogens is 1. The molecule has 0 heterocycles. The van der Waals surface area contributed by atoms with Gasteiger partial charge in [0.1, 0.15) is 12.4 Å². The molecular formula is C17H14BrNO. The van der Waals surface area contributed by atoms with Crippen molar-refractivity contribution in [1.29, 1.82) is 0 Å². The monoisotopic (exact) mass is 327 g/mol. The van der Waals surface area contributed by atoms with Gasteiger partial charge in [0, 0.05) is 21.1 Å². The summed E-state index contributed by atoms with van der Waals surface area (Å²) in [5.41, 5.74) is 7.71. The Hall–Kier alpha value is -2.00. The molecule has 0 saturated carbocycles. The van der Waals surface area contributed by atoms with Crippen molar-refractivity contribution in [2.75, 3.05) is 5.73 Å². The minimum absolute atomic E-state index is 0.465. The lowest BCUT2D eigenvalue weighted by molar-refractivity contribution is 0.311. The van der Waals surface area contributed by atoms with Crippen molar-refractivity contribution >= 4 is 32.4 Å². The summed E-state index contributed by atoms with van der Waals surface area (Å²) in [5, 5.41) is 2.29. The zero-order valence-electron chi connectivity index (χ0n) is 10.8. The molecule has 2 nitrogen and oxygen atoms in total. The summed E-state index contributed by atoms with van der Waals surface area (Å²) < 4.78 is 6.91. The van der Waals surface area contributed by atoms with E-state index in [-0.39, 0.29) is 0 Å². The highest BCUT2D eigenvalue weighted by Gasteiger charge is 2.04. The van der Waals surface area contributed by atoms with Gasteiger partial charge in [-0.05, 0) is 23.6 Å². The third-order valence-corrected chi connectivity index (χ3v) is 3.73. The van der Waals surface area contributed by atoms with Gasteiger partial charge < -0.3 is 10.5 Å². The molecule has 2 N–H and O–H groups in total. The van der Waals surface area contributed by atoms with Crippen LogP contribution in [0.1, 0.15) is 5.56 Å². The molecule has 0 fully saturated rings. The number of hydrogen-bond donors (Lipinski definition) is 1. The molecule has 0 atom stereocenters. The third-order valence-electron chi connectivity index (χ3n) is 3.24. The molecule has 0 unspecified atom stereocenters. The molecular weight excluding hydrogens is 314 g/mol. The highest BCUT2D eigenvalue weighted by molar-refractivity contribution is 9.10. The van der Waals surface area contributed by atoms with Crippen LogP contribution in [0, 0.1) is 0 Å². The van der Waals surface area contributed by atoms with Crippen molar-refractivity contribution in [3.05, 3.63) is 70.7 Å². The molecule has 3 aromatic rings. The van der Waals surface area contributed by atoms with Gasteiger partial charge >= 0.3 is 0 Å². The highest BCUT2D eigenvalue weighted by atomic mass is 79.9. The second-order valence-electron chi connectivity index (χ2n) is 4.61. The Labute approximate surface area is 126 Å². The van der Waals surface area contributed by atoms with Gasteiger partial charge in [-0.25, -0.2) is 0 Å². The van der Waals surface area contributed by atoms with Gasteiger partial charge in [-0.3, -0.25) is 0 Å². The van der Waals surface area contributed by atoms with E-state index in [0.717, 1.165) is 26.9 Å². The van der Waals surface area contributed by atoms with Gasteiger partial charge in [0.25, 0.3) is 0 Å². The summed E-state index contributed by atoms with van der Waals surface area (Å²) >= 11 is 3.40. The van der Waals surface area contributed by atoms with Crippen LogP contribution in [0.5, 0.6) is 5.75 Å². The molecule has 0 saturated heterocycles. The highest BCUT2D eigenvalue weighted by Crippen LogP contribution is 2.27. The number of anilines is 1. The fourth-order valence-electron chi connectivity index (χ4n) is 2.17. The normalized spacial score (nSPS) is 10.7. The summed E-state index contributed by atoms with van der Waals surface area (Å²) in [6, 6.07) is 20.1. The van der Waals surface area contributed by atoms with Crippen LogP contribution in [0.25, 0.3) is 10.8 Å². The smallest absolute Gasteiger partial charge is 0.127 e. The van der Waals surface area contributed by atoms with Crippen LogP contribution in [0.3, 0.4) is 0 Å². The zero-order valence-corrected chi connectivity index (χ0v) is 12.4. The molecule has 3 aromatic carbocycles. The van der Waals surface area contributed by atoms with E-state index >= 15 is 0 Å². The predicted molar refractivity (Wildman–Crippen MR) is 86.8 cm³/mol. The molecule has 3 heteroatoms. The van der Waals surface area contributed by atoms with Crippen molar-refractivity contribution in [1.82, 2.24) is 0 Å². The second kappa shape index (κ2) is 5.55. The molecule has 0 amide bonds. The first-order valence-electron chi connectivity index (χ1n) is 6.38. The van der Waals surface area contributed by atoms with Gasteiger partial charge in [0.05, 0.1) is 0 Å². The van der Waals surface area contributed by atoms with Crippen LogP contribution in [0.4, 0.5) is 5.69 Å². The quantitative estimate of drug-likeness (QED) is 0.703. The average molecular weight is 328 g/mol. The maximum atomic E-state index is 5.99. The summed E-state index contributed by atoms with van der Waals surface area (Å²) in [7, 11) is 0. The molecule has 3 rings (SSSR count). The fourth-order valence-corrected chi connectivity index (χ4v) is 2.55. The number of hydrogen-bond acceptors (Lipinski definition) is 2. The van der Waals surface area contributed by atoms with E-state index in [1.165, 1.54) is 5.39 Å². The molecule has 20 heavy (non-hydrogen) atoms. The van der Waals surface area contributed by atoms with Gasteiger partial charge in [-0.1, -0.05) is 58.4 Å². The first-order valence-corrected chi connectivity index (χ1v) is 7.18. The molecule has 0 aliphatic carbocycles. The van der Waals surface area contributed by atoms with Crippen molar-refractivity contribution in [3.8, 4) is 5.75 Å². The van der Waals surface area contributed by atoms with Crippen LogP contribution >= 0.6 is 15.9 Å². The topological polar surface area (TPSA) is 35.2 Å². The summed E-state index contributed by atoms with van der Waals surface area (Å²) in [5.74, 6) is 0.880. The lowest BCUT2D eigenvalue weighted by Gasteiger charge is -2.11. The maximum absolute atomic E-state index is 5.99. The van der Waals surface area contributed by atoms with Gasteiger partial charge in [-0.15, -0.1) is 0 Å². The number of fused-ring (bicyclic) bond motifs is 1. The maximum Gasteiger partial charge on any atom is 0.127 e. The van der Waals surface area contributed by atoms with Crippen molar-refractivity contribution in [2.45, 2.75) is 6.61 Å². The molecule has 0 radical (unpaired) electrons. The Kier molecular flexibility index (Phi) is 3.61. The fraction of sp³-hybridized carbons (Fsp3) is 0.0588. The second-order valence-corrected chi connectivity index (χ2v) is 5.52. The zero-order chi connectivity index (χ0) is 13.9. The Balaban J connectivity index is 1.87. The van der Waals surface area contributed by atoms with Crippen LogP contribution in [0.15, 0.2) is 65.1 Å². The third kappa shape index (κ3) is 2.63. The van der Waals surface area contributed by atoms with Crippen LogP contribution in [-0.4, -0.2) is 0 Å². The minimum Gasteiger partial charge on any atom is -0.488 e. The Morgan fingerprint density at radius 1 is 0.950 bits per heavy atom. The lowest BCUT2D eigenvalue weighted by atomic mass is 10.1. The van der Waals surface area contributed by atoms with E-state index in [4.69, 9.17) is 10.5 Å². The van der Waals surface area contributed by atoms with Crippen molar-refractivity contribution in [3.63, 3.8) is 0 Å². The summed E-state index contributed by atoms with van der Waals surface area (Å²) in [6.45, 7) is 0.465. The van der Waals surface area contributed by atoms with Crippen molar-refractivity contribution in [2.24, 2.45) is 0 Å². The number of nitrogens with two attached hydrogens (primary N) is 1. The molecule has 0 aliphatic rings. The molecule has 0 aliphatic heterocycles. The molecule has 100 valence electrons. The van der Waals surface area contributed by atoms with Crippen LogP contribution in [-0.2, 0) is 6.61 Å². The molecule has 0 spiro atoms. The largest absolute Gasteiger partial charge is 0.488 e. The predicted octanol–water partition coefficient (Wildman–Crippen LogP) is 4.76. The van der Waals surface area contributed by atoms with E-state index in [0.29, 0.717) is 6.61 Å². The Morgan fingerprint density at radius 3 is 2.60 bits per heavy atom.